The lowest BCUT2D eigenvalue weighted by Gasteiger charge is -2.29. The minimum atomic E-state index is -0.959. The van der Waals surface area contributed by atoms with Crippen molar-refractivity contribution in [2.24, 2.45) is 0 Å². The smallest absolute Gasteiger partial charge is 0.274 e. The molecule has 7 heteroatoms. The molecule has 1 aliphatic rings. The number of hydrogen-bond acceptors (Lipinski definition) is 4. The summed E-state index contributed by atoms with van der Waals surface area (Å²) < 4.78 is 13.1. The molecule has 1 aromatic heterocycles. The molecule has 0 unspecified atom stereocenters. The van der Waals surface area contributed by atoms with Crippen molar-refractivity contribution >= 4 is 23.2 Å². The zero-order valence-electron chi connectivity index (χ0n) is 17.8. The van der Waals surface area contributed by atoms with E-state index in [4.69, 9.17) is 21.1 Å². The fourth-order valence-electron chi connectivity index (χ4n) is 3.57. The molecule has 0 saturated heterocycles. The number of rotatable bonds is 6. The third-order valence-electron chi connectivity index (χ3n) is 5.14. The third kappa shape index (κ3) is 4.55. The van der Waals surface area contributed by atoms with Gasteiger partial charge in [0.15, 0.2) is 11.5 Å². The Balaban J connectivity index is 1.58. The first kappa shape index (κ1) is 21.3. The van der Waals surface area contributed by atoms with Crippen LogP contribution >= 0.6 is 11.6 Å². The number of hydrogen-bond donors (Lipinski definition) is 1. The van der Waals surface area contributed by atoms with E-state index in [-0.39, 0.29) is 12.5 Å². The summed E-state index contributed by atoms with van der Waals surface area (Å²) >= 11 is 5.99. The number of halogens is 1. The van der Waals surface area contributed by atoms with Gasteiger partial charge in [0.25, 0.3) is 5.91 Å². The second kappa shape index (κ2) is 8.29. The molecule has 2 heterocycles. The maximum atomic E-state index is 13.2. The number of methoxy groups -OCH3 is 1. The Kier molecular flexibility index (Phi) is 5.69. The van der Waals surface area contributed by atoms with Crippen LogP contribution in [0.3, 0.4) is 0 Å². The molecule has 162 valence electrons. The van der Waals surface area contributed by atoms with Crippen molar-refractivity contribution in [3.63, 3.8) is 0 Å². The van der Waals surface area contributed by atoms with E-state index in [1.54, 1.807) is 38.0 Å². The second-order valence-electron chi connectivity index (χ2n) is 8.21. The fraction of sp³-hybridized carbons (Fsp3) is 0.292. The van der Waals surface area contributed by atoms with Gasteiger partial charge in [-0.3, -0.25) is 4.79 Å². The molecule has 6 nitrogen and oxygen atoms in total. The van der Waals surface area contributed by atoms with Crippen LogP contribution < -0.4 is 14.4 Å². The normalized spacial score (nSPS) is 13.8. The van der Waals surface area contributed by atoms with E-state index in [1.165, 1.54) is 0 Å². The molecule has 0 radical (unpaired) electrons. The summed E-state index contributed by atoms with van der Waals surface area (Å²) in [6, 6.07) is 14.9. The van der Waals surface area contributed by atoms with Crippen LogP contribution in [0.1, 0.15) is 24.3 Å². The number of aliphatic hydroxyl groups is 1. The molecule has 3 aromatic rings. The van der Waals surface area contributed by atoms with Gasteiger partial charge in [0.05, 0.1) is 12.7 Å². The van der Waals surface area contributed by atoms with Gasteiger partial charge in [-0.05, 0) is 49.7 Å². The molecule has 0 atom stereocenters. The Morgan fingerprint density at radius 1 is 1.03 bits per heavy atom. The number of carbonyl (C=O) groups excluding carboxylic acids is 1. The van der Waals surface area contributed by atoms with Crippen LogP contribution in [0.2, 0.25) is 5.02 Å². The molecule has 1 amide bonds. The van der Waals surface area contributed by atoms with Crippen molar-refractivity contribution < 1.29 is 19.4 Å². The largest absolute Gasteiger partial charge is 0.493 e. The average Bonchev–Trinajstić information content (AvgIpc) is 3.18. The summed E-state index contributed by atoms with van der Waals surface area (Å²) in [6.07, 6.45) is 2.00. The quantitative estimate of drug-likeness (QED) is 0.607. The Labute approximate surface area is 186 Å². The molecule has 4 rings (SSSR count). The van der Waals surface area contributed by atoms with Gasteiger partial charge in [-0.1, -0.05) is 23.7 Å². The highest BCUT2D eigenvalue weighted by molar-refractivity contribution is 6.30. The van der Waals surface area contributed by atoms with Gasteiger partial charge in [-0.15, -0.1) is 0 Å². The number of aromatic nitrogens is 1. The van der Waals surface area contributed by atoms with Gasteiger partial charge >= 0.3 is 0 Å². The highest BCUT2D eigenvalue weighted by Crippen LogP contribution is 2.34. The Bertz CT molecular complexity index is 1100. The molecule has 0 aliphatic carbocycles. The van der Waals surface area contributed by atoms with Crippen LogP contribution in [-0.2, 0) is 6.54 Å². The minimum Gasteiger partial charge on any atom is -0.493 e. The summed E-state index contributed by atoms with van der Waals surface area (Å²) in [5.74, 6) is 0.960. The predicted octanol–water partition coefficient (Wildman–Crippen LogP) is 4.63. The molecular formula is C24H25ClN2O4. The first-order valence-electron chi connectivity index (χ1n) is 10.1. The van der Waals surface area contributed by atoms with Gasteiger partial charge < -0.3 is 24.0 Å². The zero-order valence-corrected chi connectivity index (χ0v) is 18.5. The lowest BCUT2D eigenvalue weighted by molar-refractivity contribution is 0.0276. The molecule has 0 spiro atoms. The van der Waals surface area contributed by atoms with Crippen LogP contribution in [-0.4, -0.2) is 41.4 Å². The number of carbonyl (C=O) groups is 1. The van der Waals surface area contributed by atoms with E-state index in [9.17, 15) is 9.90 Å². The molecule has 2 aromatic carbocycles. The Morgan fingerprint density at radius 2 is 1.77 bits per heavy atom. The summed E-state index contributed by atoms with van der Waals surface area (Å²) in [4.78, 5) is 15.0. The van der Waals surface area contributed by atoms with Crippen LogP contribution in [0, 0.1) is 0 Å². The summed E-state index contributed by atoms with van der Waals surface area (Å²) in [6.45, 7) is 4.72. The second-order valence-corrected chi connectivity index (χ2v) is 8.64. The van der Waals surface area contributed by atoms with Crippen LogP contribution in [0.4, 0.5) is 5.69 Å². The van der Waals surface area contributed by atoms with Crippen molar-refractivity contribution in [3.05, 3.63) is 65.4 Å². The van der Waals surface area contributed by atoms with E-state index in [0.717, 1.165) is 16.8 Å². The number of ether oxygens (including phenoxy) is 2. The van der Waals surface area contributed by atoms with E-state index in [0.29, 0.717) is 35.3 Å². The summed E-state index contributed by atoms with van der Waals surface area (Å²) in [7, 11) is 1.55. The average molecular weight is 441 g/mol. The van der Waals surface area contributed by atoms with Crippen LogP contribution in [0.5, 0.6) is 11.5 Å². The number of amides is 1. The van der Waals surface area contributed by atoms with Crippen LogP contribution in [0.25, 0.3) is 11.1 Å². The topological polar surface area (TPSA) is 63.9 Å². The Hall–Kier alpha value is -2.96. The maximum Gasteiger partial charge on any atom is 0.274 e. The lowest BCUT2D eigenvalue weighted by atomic mass is 10.1. The van der Waals surface area contributed by atoms with E-state index < -0.39 is 5.60 Å². The van der Waals surface area contributed by atoms with Crippen molar-refractivity contribution in [1.29, 1.82) is 0 Å². The first-order valence-corrected chi connectivity index (χ1v) is 10.4. The first-order chi connectivity index (χ1) is 14.7. The minimum absolute atomic E-state index is 0.0707. The van der Waals surface area contributed by atoms with E-state index in [1.807, 2.05) is 47.2 Å². The van der Waals surface area contributed by atoms with Gasteiger partial charge in [0, 0.05) is 41.6 Å². The number of benzene rings is 2. The molecule has 0 bridgehead atoms. The molecule has 0 fully saturated rings. The highest BCUT2D eigenvalue weighted by atomic mass is 35.5. The van der Waals surface area contributed by atoms with Gasteiger partial charge in [-0.2, -0.15) is 0 Å². The fourth-order valence-corrected chi connectivity index (χ4v) is 3.69. The number of nitrogens with zero attached hydrogens (tertiary/aromatic N) is 2. The maximum absolute atomic E-state index is 13.2. The van der Waals surface area contributed by atoms with Gasteiger partial charge in [0.1, 0.15) is 12.3 Å². The predicted molar refractivity (Wildman–Crippen MR) is 121 cm³/mol. The number of anilines is 1. The standard InChI is InChI=1S/C24H25ClN2O4/c1-24(2,29)15-31-21-9-8-19(13-22(21)30-3)27-11-10-26-14-17(12-20(26)23(27)28)16-4-6-18(25)7-5-16/h4-9,12-14,29H,10-11,15H2,1-3H3. The van der Waals surface area contributed by atoms with Crippen molar-refractivity contribution in [3.8, 4) is 22.6 Å². The van der Waals surface area contributed by atoms with E-state index in [2.05, 4.69) is 0 Å². The molecule has 1 N–H and O–H groups in total. The summed E-state index contributed by atoms with van der Waals surface area (Å²) in [5.41, 5.74) is 2.41. The number of fused-ring (bicyclic) bond motifs is 1. The molecule has 0 saturated carbocycles. The van der Waals surface area contributed by atoms with Crippen LogP contribution in [0.15, 0.2) is 54.7 Å². The lowest BCUT2D eigenvalue weighted by Crippen LogP contribution is -2.39. The molecule has 31 heavy (non-hydrogen) atoms. The van der Waals surface area contributed by atoms with Crippen molar-refractivity contribution in [1.82, 2.24) is 4.57 Å². The molecular weight excluding hydrogens is 416 g/mol. The van der Waals surface area contributed by atoms with E-state index >= 15 is 0 Å². The SMILES string of the molecule is COc1cc(N2CCn3cc(-c4ccc(Cl)cc4)cc3C2=O)ccc1OCC(C)(C)O. The van der Waals surface area contributed by atoms with Gasteiger partial charge in [-0.25, -0.2) is 0 Å². The van der Waals surface area contributed by atoms with Crippen molar-refractivity contribution in [2.45, 2.75) is 26.0 Å². The Morgan fingerprint density at radius 3 is 2.45 bits per heavy atom. The molecule has 1 aliphatic heterocycles. The zero-order chi connectivity index (χ0) is 22.2. The summed E-state index contributed by atoms with van der Waals surface area (Å²) in [5, 5.41) is 10.6. The van der Waals surface area contributed by atoms with Gasteiger partial charge in [0.2, 0.25) is 0 Å². The third-order valence-corrected chi connectivity index (χ3v) is 5.39. The monoisotopic (exact) mass is 440 g/mol. The highest BCUT2D eigenvalue weighted by Gasteiger charge is 2.27. The van der Waals surface area contributed by atoms with Crippen molar-refractivity contribution in [2.75, 3.05) is 25.2 Å².